The van der Waals surface area contributed by atoms with Crippen LogP contribution in [0.4, 0.5) is 0 Å². The van der Waals surface area contributed by atoms with Gasteiger partial charge in [0.15, 0.2) is 0 Å². The number of rotatable bonds is 15. The third kappa shape index (κ3) is 15.7. The Kier molecular flexibility index (Phi) is 15.6. The van der Waals surface area contributed by atoms with Gasteiger partial charge in [0.2, 0.25) is 0 Å². The summed E-state index contributed by atoms with van der Waals surface area (Å²) in [6, 6.07) is 0. The summed E-state index contributed by atoms with van der Waals surface area (Å²) in [6.07, 6.45) is 1.77. The number of nitrogens with two attached hydrogens (primary N) is 1. The molecule has 0 heterocycles. The molecule has 1 atom stereocenters. The monoisotopic (exact) mass is 276 g/mol. The molecule has 0 rings (SSSR count). The van der Waals surface area contributed by atoms with Crippen molar-refractivity contribution >= 4 is 0 Å². The summed E-state index contributed by atoms with van der Waals surface area (Å²) < 4.78 is 5.34. The van der Waals surface area contributed by atoms with Crippen LogP contribution in [0.2, 0.25) is 0 Å². The number of aliphatic hydroxyl groups excluding tert-OH is 1. The Balaban J connectivity index is 3.07. The molecule has 6 N–H and O–H groups in total. The Morgan fingerprint density at radius 1 is 1.05 bits per heavy atom. The molecule has 0 amide bonds. The summed E-state index contributed by atoms with van der Waals surface area (Å²) in [5.74, 6) is 0. The summed E-state index contributed by atoms with van der Waals surface area (Å²) in [7, 11) is 0. The molecule has 19 heavy (non-hydrogen) atoms. The summed E-state index contributed by atoms with van der Waals surface area (Å²) >= 11 is 0. The fraction of sp³-hybridized carbons (Fsp3) is 1.00. The first kappa shape index (κ1) is 18.8. The van der Waals surface area contributed by atoms with E-state index < -0.39 is 6.10 Å². The van der Waals surface area contributed by atoms with Gasteiger partial charge in [-0.05, 0) is 6.42 Å². The number of unbranched alkanes of at least 4 members (excludes halogenated alkanes) is 1. The van der Waals surface area contributed by atoms with E-state index in [1.165, 1.54) is 0 Å². The lowest BCUT2D eigenvalue weighted by molar-refractivity contribution is 0.0361. The van der Waals surface area contributed by atoms with Gasteiger partial charge in [-0.25, -0.2) is 0 Å². The van der Waals surface area contributed by atoms with Crippen LogP contribution < -0.4 is 21.7 Å². The summed E-state index contributed by atoms with van der Waals surface area (Å²) in [4.78, 5) is 0. The van der Waals surface area contributed by atoms with Gasteiger partial charge in [0.1, 0.15) is 0 Å². The number of hydrogen-bond donors (Lipinski definition) is 5. The van der Waals surface area contributed by atoms with Crippen molar-refractivity contribution in [1.82, 2.24) is 16.0 Å². The molecular weight excluding hydrogens is 244 g/mol. The fourth-order valence-corrected chi connectivity index (χ4v) is 1.50. The lowest BCUT2D eigenvalue weighted by Crippen LogP contribution is -2.37. The number of hydrogen-bond acceptors (Lipinski definition) is 6. The predicted molar refractivity (Wildman–Crippen MR) is 79.4 cm³/mol. The SMILES string of the molecule is CCCCOCC(O)CNCCNCCNCCN. The van der Waals surface area contributed by atoms with E-state index in [1.54, 1.807) is 0 Å². The number of ether oxygens (including phenoxy) is 1. The van der Waals surface area contributed by atoms with Crippen LogP contribution in [-0.4, -0.2) is 70.2 Å². The molecule has 1 unspecified atom stereocenters. The Labute approximate surface area is 117 Å². The normalized spacial score (nSPS) is 12.8. The maximum Gasteiger partial charge on any atom is 0.0897 e. The molecule has 0 spiro atoms. The molecule has 0 saturated carbocycles. The topological polar surface area (TPSA) is 91.6 Å². The molecule has 0 aliphatic heterocycles. The standard InChI is InChI=1S/C13H32N4O2/c1-2-3-10-19-12-13(18)11-17-9-8-16-7-6-15-5-4-14/h13,15-18H,2-12,14H2,1H3. The molecule has 0 bridgehead atoms. The van der Waals surface area contributed by atoms with Gasteiger partial charge in [0.05, 0.1) is 12.7 Å². The van der Waals surface area contributed by atoms with Crippen LogP contribution in [0.15, 0.2) is 0 Å². The van der Waals surface area contributed by atoms with E-state index in [-0.39, 0.29) is 0 Å². The first-order valence-electron chi connectivity index (χ1n) is 7.39. The summed E-state index contributed by atoms with van der Waals surface area (Å²) in [6.45, 7) is 9.03. The summed E-state index contributed by atoms with van der Waals surface area (Å²) in [5.41, 5.74) is 5.36. The van der Waals surface area contributed by atoms with Gasteiger partial charge in [-0.3, -0.25) is 0 Å². The van der Waals surface area contributed by atoms with E-state index in [0.29, 0.717) is 19.7 Å². The molecule has 0 aromatic rings. The van der Waals surface area contributed by atoms with Gasteiger partial charge >= 0.3 is 0 Å². The van der Waals surface area contributed by atoms with Crippen molar-refractivity contribution in [3.05, 3.63) is 0 Å². The third-order valence-electron chi connectivity index (χ3n) is 2.61. The third-order valence-corrected chi connectivity index (χ3v) is 2.61. The van der Waals surface area contributed by atoms with Gasteiger partial charge in [0.25, 0.3) is 0 Å². The Hall–Kier alpha value is -0.240. The quantitative estimate of drug-likeness (QED) is 0.244. The van der Waals surface area contributed by atoms with Gasteiger partial charge in [-0.1, -0.05) is 13.3 Å². The highest BCUT2D eigenvalue weighted by molar-refractivity contribution is 4.60. The van der Waals surface area contributed by atoms with E-state index in [4.69, 9.17) is 10.5 Å². The van der Waals surface area contributed by atoms with Crippen LogP contribution in [0.5, 0.6) is 0 Å². The van der Waals surface area contributed by atoms with E-state index in [0.717, 1.165) is 52.2 Å². The van der Waals surface area contributed by atoms with Crippen molar-refractivity contribution < 1.29 is 9.84 Å². The van der Waals surface area contributed by atoms with Crippen molar-refractivity contribution in [3.8, 4) is 0 Å². The first-order valence-corrected chi connectivity index (χ1v) is 7.39. The van der Waals surface area contributed by atoms with Gasteiger partial charge in [-0.15, -0.1) is 0 Å². The minimum atomic E-state index is -0.414. The highest BCUT2D eigenvalue weighted by atomic mass is 16.5. The van der Waals surface area contributed by atoms with Crippen molar-refractivity contribution in [1.29, 1.82) is 0 Å². The average Bonchev–Trinajstić information content (AvgIpc) is 2.42. The van der Waals surface area contributed by atoms with E-state index in [1.807, 2.05) is 0 Å². The molecule has 0 aromatic heterocycles. The van der Waals surface area contributed by atoms with E-state index >= 15 is 0 Å². The molecule has 116 valence electrons. The lowest BCUT2D eigenvalue weighted by Gasteiger charge is -2.12. The molecular formula is C13H32N4O2. The van der Waals surface area contributed by atoms with Crippen LogP contribution in [0.3, 0.4) is 0 Å². The zero-order valence-electron chi connectivity index (χ0n) is 12.3. The zero-order valence-corrected chi connectivity index (χ0v) is 12.3. The molecule has 0 radical (unpaired) electrons. The van der Waals surface area contributed by atoms with Crippen LogP contribution in [0, 0.1) is 0 Å². The highest BCUT2D eigenvalue weighted by Gasteiger charge is 2.02. The minimum absolute atomic E-state index is 0.414. The molecule has 0 aromatic carbocycles. The smallest absolute Gasteiger partial charge is 0.0897 e. The summed E-state index contributed by atoms with van der Waals surface area (Å²) in [5, 5.41) is 19.3. The molecule has 0 aliphatic rings. The molecule has 0 saturated heterocycles. The molecule has 6 nitrogen and oxygen atoms in total. The van der Waals surface area contributed by atoms with Gasteiger partial charge in [-0.2, -0.15) is 0 Å². The largest absolute Gasteiger partial charge is 0.389 e. The second-order valence-corrected chi connectivity index (χ2v) is 4.58. The van der Waals surface area contributed by atoms with Gasteiger partial charge < -0.3 is 31.5 Å². The van der Waals surface area contributed by atoms with E-state index in [2.05, 4.69) is 22.9 Å². The van der Waals surface area contributed by atoms with Crippen LogP contribution in [-0.2, 0) is 4.74 Å². The van der Waals surface area contributed by atoms with Crippen molar-refractivity contribution in [2.75, 3.05) is 59.0 Å². The molecule has 0 fully saturated rings. The molecule has 0 aliphatic carbocycles. The van der Waals surface area contributed by atoms with Crippen LogP contribution in [0.25, 0.3) is 0 Å². The number of aliphatic hydroxyl groups is 1. The lowest BCUT2D eigenvalue weighted by atomic mass is 10.3. The highest BCUT2D eigenvalue weighted by Crippen LogP contribution is 1.89. The fourth-order valence-electron chi connectivity index (χ4n) is 1.50. The maximum absolute atomic E-state index is 9.62. The van der Waals surface area contributed by atoms with Crippen molar-refractivity contribution in [3.63, 3.8) is 0 Å². The van der Waals surface area contributed by atoms with E-state index in [9.17, 15) is 5.11 Å². The second-order valence-electron chi connectivity index (χ2n) is 4.58. The van der Waals surface area contributed by atoms with Crippen molar-refractivity contribution in [2.24, 2.45) is 5.73 Å². The number of nitrogens with one attached hydrogen (secondary N) is 3. The average molecular weight is 276 g/mol. The first-order chi connectivity index (χ1) is 9.31. The minimum Gasteiger partial charge on any atom is -0.389 e. The van der Waals surface area contributed by atoms with Crippen LogP contribution in [0.1, 0.15) is 19.8 Å². The van der Waals surface area contributed by atoms with Gasteiger partial charge in [0, 0.05) is 52.4 Å². The van der Waals surface area contributed by atoms with Crippen molar-refractivity contribution in [2.45, 2.75) is 25.9 Å². The molecule has 6 heteroatoms. The Morgan fingerprint density at radius 3 is 2.32 bits per heavy atom. The Bertz CT molecular complexity index is 173. The Morgan fingerprint density at radius 2 is 1.68 bits per heavy atom. The zero-order chi connectivity index (χ0) is 14.2. The predicted octanol–water partition coefficient (Wildman–Crippen LogP) is -1.11. The van der Waals surface area contributed by atoms with Crippen LogP contribution >= 0.6 is 0 Å². The second kappa shape index (κ2) is 15.8. The maximum atomic E-state index is 9.62.